The van der Waals surface area contributed by atoms with Gasteiger partial charge in [-0.15, -0.1) is 0 Å². The molecule has 32 heavy (non-hydrogen) atoms. The highest BCUT2D eigenvalue weighted by atomic mass is 16.5. The Labute approximate surface area is 188 Å². The van der Waals surface area contributed by atoms with E-state index in [2.05, 4.69) is 22.2 Å². The summed E-state index contributed by atoms with van der Waals surface area (Å²) in [5, 5.41) is 2.97. The normalized spacial score (nSPS) is 19.2. The summed E-state index contributed by atoms with van der Waals surface area (Å²) in [7, 11) is 5.26. The van der Waals surface area contributed by atoms with Crippen LogP contribution in [0.5, 0.6) is 11.5 Å². The van der Waals surface area contributed by atoms with E-state index in [1.807, 2.05) is 24.3 Å². The number of hydrogen-bond acceptors (Lipinski definition) is 6. The van der Waals surface area contributed by atoms with E-state index in [4.69, 9.17) is 9.47 Å². The van der Waals surface area contributed by atoms with E-state index < -0.39 is 5.92 Å². The maximum absolute atomic E-state index is 12.8. The topological polar surface area (TPSA) is 74.4 Å². The van der Waals surface area contributed by atoms with Crippen LogP contribution in [0.2, 0.25) is 0 Å². The van der Waals surface area contributed by atoms with Crippen LogP contribution in [-0.4, -0.2) is 70.7 Å². The van der Waals surface area contributed by atoms with Gasteiger partial charge >= 0.3 is 0 Å². The van der Waals surface area contributed by atoms with Gasteiger partial charge in [0.2, 0.25) is 11.8 Å². The molecule has 2 aromatic rings. The van der Waals surface area contributed by atoms with Gasteiger partial charge in [0, 0.05) is 62.3 Å². The van der Waals surface area contributed by atoms with Gasteiger partial charge in [0.25, 0.3) is 0 Å². The molecule has 0 saturated carbocycles. The number of methoxy groups -OCH3 is 2. The predicted molar refractivity (Wildman–Crippen MR) is 125 cm³/mol. The zero-order valence-corrected chi connectivity index (χ0v) is 18.8. The first kappa shape index (κ1) is 22.0. The number of amides is 2. The summed E-state index contributed by atoms with van der Waals surface area (Å²) in [4.78, 5) is 31.7. The van der Waals surface area contributed by atoms with Gasteiger partial charge in [-0.05, 0) is 43.4 Å². The SMILES string of the molecule is COc1ccc(N2CC(C(=O)Nc3ccc(N4CCN(C)CC4)cc3)CC2=O)cc1OC. The minimum Gasteiger partial charge on any atom is -0.493 e. The summed E-state index contributed by atoms with van der Waals surface area (Å²) in [6, 6.07) is 13.2. The lowest BCUT2D eigenvalue weighted by molar-refractivity contribution is -0.122. The van der Waals surface area contributed by atoms with Gasteiger partial charge in [-0.3, -0.25) is 9.59 Å². The Morgan fingerprint density at radius 3 is 2.25 bits per heavy atom. The minimum absolute atomic E-state index is 0.0808. The Morgan fingerprint density at radius 1 is 0.938 bits per heavy atom. The first-order valence-electron chi connectivity index (χ1n) is 10.9. The molecule has 1 unspecified atom stereocenters. The minimum atomic E-state index is -0.409. The molecular formula is C24H30N4O4. The Morgan fingerprint density at radius 2 is 1.59 bits per heavy atom. The van der Waals surface area contributed by atoms with Crippen LogP contribution in [0.3, 0.4) is 0 Å². The summed E-state index contributed by atoms with van der Waals surface area (Å²) in [6.45, 7) is 4.42. The number of hydrogen-bond donors (Lipinski definition) is 1. The molecule has 0 radical (unpaired) electrons. The van der Waals surface area contributed by atoms with Crippen LogP contribution in [0.15, 0.2) is 42.5 Å². The zero-order valence-electron chi connectivity index (χ0n) is 18.8. The summed E-state index contributed by atoms with van der Waals surface area (Å²) in [5.41, 5.74) is 2.59. The number of rotatable bonds is 6. The van der Waals surface area contributed by atoms with Crippen molar-refractivity contribution in [3.63, 3.8) is 0 Å². The van der Waals surface area contributed by atoms with Crippen molar-refractivity contribution >= 4 is 28.9 Å². The second-order valence-electron chi connectivity index (χ2n) is 8.27. The number of carbonyl (C=O) groups excluding carboxylic acids is 2. The number of likely N-dealkylation sites (N-methyl/N-ethyl adjacent to an activating group) is 1. The molecule has 2 heterocycles. The molecule has 1 N–H and O–H groups in total. The molecule has 2 fully saturated rings. The highest BCUT2D eigenvalue weighted by Crippen LogP contribution is 2.34. The second-order valence-corrected chi connectivity index (χ2v) is 8.27. The highest BCUT2D eigenvalue weighted by Gasteiger charge is 2.35. The molecule has 8 nitrogen and oxygen atoms in total. The fraction of sp³-hybridized carbons (Fsp3) is 0.417. The molecule has 4 rings (SSSR count). The standard InChI is InChI=1S/C24H30N4O4/c1-26-10-12-27(13-11-26)19-6-4-18(5-7-19)25-24(30)17-14-23(29)28(16-17)20-8-9-21(31-2)22(15-20)32-3/h4-9,15,17H,10-14,16H2,1-3H3,(H,25,30). The molecule has 2 aromatic carbocycles. The molecule has 2 saturated heterocycles. The van der Waals surface area contributed by atoms with Crippen molar-refractivity contribution in [2.24, 2.45) is 5.92 Å². The Balaban J connectivity index is 1.38. The van der Waals surface area contributed by atoms with Crippen molar-refractivity contribution in [1.82, 2.24) is 4.90 Å². The first-order valence-corrected chi connectivity index (χ1v) is 10.9. The fourth-order valence-electron chi connectivity index (χ4n) is 4.19. The molecule has 2 aliphatic heterocycles. The van der Waals surface area contributed by atoms with Crippen LogP contribution in [0.4, 0.5) is 17.1 Å². The van der Waals surface area contributed by atoms with Crippen molar-refractivity contribution in [3.8, 4) is 11.5 Å². The second kappa shape index (κ2) is 9.48. The lowest BCUT2D eigenvalue weighted by Gasteiger charge is -2.34. The summed E-state index contributed by atoms with van der Waals surface area (Å²) >= 11 is 0. The van der Waals surface area contributed by atoms with Crippen LogP contribution in [0.1, 0.15) is 6.42 Å². The molecule has 1 atom stereocenters. The molecule has 2 amide bonds. The third-order valence-electron chi connectivity index (χ3n) is 6.18. The molecule has 0 aliphatic carbocycles. The van der Waals surface area contributed by atoms with Gasteiger partial charge in [-0.2, -0.15) is 0 Å². The third-order valence-corrected chi connectivity index (χ3v) is 6.18. The van der Waals surface area contributed by atoms with Crippen LogP contribution in [0.25, 0.3) is 0 Å². The highest BCUT2D eigenvalue weighted by molar-refractivity contribution is 6.03. The summed E-state index contributed by atoms with van der Waals surface area (Å²) in [6.07, 6.45) is 0.180. The van der Waals surface area contributed by atoms with Gasteiger partial charge < -0.3 is 29.5 Å². The molecule has 0 bridgehead atoms. The number of piperazine rings is 1. The average Bonchev–Trinajstić information content (AvgIpc) is 3.21. The number of carbonyl (C=O) groups is 2. The van der Waals surface area contributed by atoms with E-state index >= 15 is 0 Å². The van der Waals surface area contributed by atoms with Crippen molar-refractivity contribution in [3.05, 3.63) is 42.5 Å². The van der Waals surface area contributed by atoms with Crippen LogP contribution in [0, 0.1) is 5.92 Å². The predicted octanol–water partition coefficient (Wildman–Crippen LogP) is 2.45. The first-order chi connectivity index (χ1) is 15.5. The van der Waals surface area contributed by atoms with Crippen molar-refractivity contribution in [2.75, 3.05) is 69.1 Å². The Kier molecular flexibility index (Phi) is 6.50. The maximum atomic E-state index is 12.8. The van der Waals surface area contributed by atoms with Crippen LogP contribution in [-0.2, 0) is 9.59 Å². The molecule has 8 heteroatoms. The van der Waals surface area contributed by atoms with E-state index in [-0.39, 0.29) is 18.2 Å². The quantitative estimate of drug-likeness (QED) is 0.747. The van der Waals surface area contributed by atoms with E-state index in [1.54, 1.807) is 37.3 Å². The third kappa shape index (κ3) is 4.65. The summed E-state index contributed by atoms with van der Waals surface area (Å²) < 4.78 is 10.6. The van der Waals surface area contributed by atoms with Gasteiger partial charge in [0.15, 0.2) is 11.5 Å². The molecule has 0 aromatic heterocycles. The van der Waals surface area contributed by atoms with Crippen LogP contribution < -0.4 is 24.6 Å². The number of anilines is 3. The van der Waals surface area contributed by atoms with Gasteiger partial charge in [-0.25, -0.2) is 0 Å². The maximum Gasteiger partial charge on any atom is 0.229 e. The van der Waals surface area contributed by atoms with Gasteiger partial charge in [-0.1, -0.05) is 0 Å². The van der Waals surface area contributed by atoms with Crippen molar-refractivity contribution in [1.29, 1.82) is 0 Å². The van der Waals surface area contributed by atoms with Crippen molar-refractivity contribution in [2.45, 2.75) is 6.42 Å². The van der Waals surface area contributed by atoms with Gasteiger partial charge in [0.1, 0.15) is 0 Å². The van der Waals surface area contributed by atoms with E-state index in [1.165, 1.54) is 0 Å². The smallest absolute Gasteiger partial charge is 0.229 e. The average molecular weight is 439 g/mol. The number of nitrogens with one attached hydrogen (secondary N) is 1. The van der Waals surface area contributed by atoms with E-state index in [9.17, 15) is 9.59 Å². The van der Waals surface area contributed by atoms with Crippen molar-refractivity contribution < 1.29 is 19.1 Å². The lowest BCUT2D eigenvalue weighted by Crippen LogP contribution is -2.44. The Hall–Kier alpha value is -3.26. The fourth-order valence-corrected chi connectivity index (χ4v) is 4.19. The van der Waals surface area contributed by atoms with E-state index in [0.29, 0.717) is 23.7 Å². The Bertz CT molecular complexity index is 970. The number of nitrogens with zero attached hydrogens (tertiary/aromatic N) is 3. The molecular weight excluding hydrogens is 408 g/mol. The molecule has 0 spiro atoms. The molecule has 2 aliphatic rings. The lowest BCUT2D eigenvalue weighted by atomic mass is 10.1. The zero-order chi connectivity index (χ0) is 22.7. The van der Waals surface area contributed by atoms with E-state index in [0.717, 1.165) is 37.6 Å². The largest absolute Gasteiger partial charge is 0.493 e. The monoisotopic (exact) mass is 438 g/mol. The van der Waals surface area contributed by atoms with Gasteiger partial charge in [0.05, 0.1) is 20.1 Å². The molecule has 170 valence electrons. The number of ether oxygens (including phenoxy) is 2. The summed E-state index contributed by atoms with van der Waals surface area (Å²) in [5.74, 6) is 0.507. The van der Waals surface area contributed by atoms with Crippen LogP contribution >= 0.6 is 0 Å². The number of benzene rings is 2.